The van der Waals surface area contributed by atoms with E-state index in [1.807, 2.05) is 45.9 Å². The largest absolute Gasteiger partial charge is 0.394 e. The smallest absolute Gasteiger partial charge is 0.223 e. The number of nitrogens with zero attached hydrogens (tertiary/aromatic N) is 2. The lowest BCUT2D eigenvalue weighted by atomic mass is 9.86. The van der Waals surface area contributed by atoms with E-state index in [9.17, 15) is 9.90 Å². The minimum atomic E-state index is -0.187. The van der Waals surface area contributed by atoms with Crippen LogP contribution in [-0.2, 0) is 11.2 Å². The standard InChI is InChI=1S/C18H27N3O2/c1-12-7-6-8-13-17(12)20-15(19-13)9-10-16(23)21(5)14(11-22)18(2,3)4/h6-8,14,22H,9-11H2,1-5H3,(H,19,20)/t14-/m0/s1. The molecule has 2 N–H and O–H groups in total. The van der Waals surface area contributed by atoms with E-state index in [0.29, 0.717) is 12.8 Å². The molecule has 0 unspecified atom stereocenters. The number of hydrogen-bond acceptors (Lipinski definition) is 3. The summed E-state index contributed by atoms with van der Waals surface area (Å²) in [5, 5.41) is 9.58. The van der Waals surface area contributed by atoms with Crippen molar-refractivity contribution in [1.82, 2.24) is 14.9 Å². The van der Waals surface area contributed by atoms with E-state index in [2.05, 4.69) is 9.97 Å². The molecule has 0 aliphatic rings. The molecule has 0 bridgehead atoms. The minimum Gasteiger partial charge on any atom is -0.394 e. The zero-order valence-electron chi connectivity index (χ0n) is 14.7. The number of nitrogens with one attached hydrogen (secondary N) is 1. The number of aryl methyl sites for hydroxylation is 2. The summed E-state index contributed by atoms with van der Waals surface area (Å²) in [4.78, 5) is 21.9. The first-order valence-corrected chi connectivity index (χ1v) is 8.04. The monoisotopic (exact) mass is 317 g/mol. The Morgan fingerprint density at radius 1 is 1.39 bits per heavy atom. The lowest BCUT2D eigenvalue weighted by Crippen LogP contribution is -2.47. The number of carbonyl (C=O) groups is 1. The van der Waals surface area contributed by atoms with Crippen molar-refractivity contribution in [3.63, 3.8) is 0 Å². The second-order valence-corrected chi connectivity index (χ2v) is 7.22. The number of imidazole rings is 1. The van der Waals surface area contributed by atoms with Gasteiger partial charge < -0.3 is 15.0 Å². The Bertz CT molecular complexity index is 685. The Balaban J connectivity index is 2.04. The maximum Gasteiger partial charge on any atom is 0.223 e. The van der Waals surface area contributed by atoms with Crippen LogP contribution in [0.1, 0.15) is 38.6 Å². The number of H-pyrrole nitrogens is 1. The van der Waals surface area contributed by atoms with E-state index in [4.69, 9.17) is 0 Å². The molecule has 5 nitrogen and oxygen atoms in total. The molecular weight excluding hydrogens is 290 g/mol. The summed E-state index contributed by atoms with van der Waals surface area (Å²) in [5.74, 6) is 0.850. The summed E-state index contributed by atoms with van der Waals surface area (Å²) < 4.78 is 0. The number of amides is 1. The fourth-order valence-electron chi connectivity index (χ4n) is 2.90. The number of aliphatic hydroxyl groups excluding tert-OH is 1. The average Bonchev–Trinajstić information content (AvgIpc) is 2.88. The van der Waals surface area contributed by atoms with Crippen molar-refractivity contribution in [1.29, 1.82) is 0 Å². The van der Waals surface area contributed by atoms with Crippen molar-refractivity contribution in [3.8, 4) is 0 Å². The second kappa shape index (κ2) is 6.71. The lowest BCUT2D eigenvalue weighted by molar-refractivity contribution is -0.135. The van der Waals surface area contributed by atoms with Gasteiger partial charge in [0.15, 0.2) is 0 Å². The van der Waals surface area contributed by atoms with E-state index in [1.54, 1.807) is 11.9 Å². The number of aromatic amines is 1. The number of fused-ring (bicyclic) bond motifs is 1. The number of carbonyl (C=O) groups excluding carboxylic acids is 1. The normalized spacial score (nSPS) is 13.3. The highest BCUT2D eigenvalue weighted by atomic mass is 16.3. The van der Waals surface area contributed by atoms with Crippen LogP contribution in [0.3, 0.4) is 0 Å². The van der Waals surface area contributed by atoms with Gasteiger partial charge in [0, 0.05) is 19.9 Å². The molecule has 0 aliphatic heterocycles. The quantitative estimate of drug-likeness (QED) is 0.891. The highest BCUT2D eigenvalue weighted by molar-refractivity contribution is 5.79. The molecule has 2 rings (SSSR count). The molecule has 0 saturated heterocycles. The summed E-state index contributed by atoms with van der Waals surface area (Å²) in [7, 11) is 1.76. The highest BCUT2D eigenvalue weighted by Crippen LogP contribution is 2.24. The van der Waals surface area contributed by atoms with Crippen LogP contribution in [0, 0.1) is 12.3 Å². The summed E-state index contributed by atoms with van der Waals surface area (Å²) in [6, 6.07) is 5.83. The zero-order valence-corrected chi connectivity index (χ0v) is 14.7. The molecule has 2 aromatic rings. The molecule has 0 fully saturated rings. The Morgan fingerprint density at radius 2 is 2.09 bits per heavy atom. The number of rotatable bonds is 5. The van der Waals surface area contributed by atoms with Crippen molar-refractivity contribution in [3.05, 3.63) is 29.6 Å². The van der Waals surface area contributed by atoms with E-state index in [1.165, 1.54) is 0 Å². The zero-order chi connectivity index (χ0) is 17.2. The Kier molecular flexibility index (Phi) is 5.09. The number of hydrogen-bond donors (Lipinski definition) is 2. The third-order valence-corrected chi connectivity index (χ3v) is 4.37. The molecule has 0 aliphatic carbocycles. The first-order chi connectivity index (χ1) is 10.7. The third-order valence-electron chi connectivity index (χ3n) is 4.37. The van der Waals surface area contributed by atoms with Crippen LogP contribution in [0.5, 0.6) is 0 Å². The van der Waals surface area contributed by atoms with Crippen molar-refractivity contribution in [2.75, 3.05) is 13.7 Å². The van der Waals surface area contributed by atoms with E-state index < -0.39 is 0 Å². The fraction of sp³-hybridized carbons (Fsp3) is 0.556. The average molecular weight is 317 g/mol. The molecule has 1 atom stereocenters. The number of aliphatic hydroxyl groups is 1. The van der Waals surface area contributed by atoms with Gasteiger partial charge in [0.2, 0.25) is 5.91 Å². The molecule has 0 saturated carbocycles. The van der Waals surface area contributed by atoms with Crippen LogP contribution in [0.15, 0.2) is 18.2 Å². The van der Waals surface area contributed by atoms with Crippen LogP contribution in [0.25, 0.3) is 11.0 Å². The molecule has 5 heteroatoms. The van der Waals surface area contributed by atoms with Gasteiger partial charge in [-0.1, -0.05) is 32.9 Å². The van der Waals surface area contributed by atoms with Crippen molar-refractivity contribution < 1.29 is 9.90 Å². The van der Waals surface area contributed by atoms with Crippen LogP contribution < -0.4 is 0 Å². The summed E-state index contributed by atoms with van der Waals surface area (Å²) in [6.07, 6.45) is 0.946. The van der Waals surface area contributed by atoms with Gasteiger partial charge in [-0.3, -0.25) is 4.79 Å². The fourth-order valence-corrected chi connectivity index (χ4v) is 2.90. The molecule has 0 radical (unpaired) electrons. The SMILES string of the molecule is Cc1cccc2[nH]c(CCC(=O)N(C)[C@@H](CO)C(C)(C)C)nc12. The maximum absolute atomic E-state index is 12.4. The minimum absolute atomic E-state index is 0.0242. The second-order valence-electron chi connectivity index (χ2n) is 7.22. The van der Waals surface area contributed by atoms with Crippen LogP contribution in [0.4, 0.5) is 0 Å². The molecule has 1 amide bonds. The van der Waals surface area contributed by atoms with Gasteiger partial charge in [-0.2, -0.15) is 0 Å². The van der Waals surface area contributed by atoms with E-state index in [-0.39, 0.29) is 24.0 Å². The number of para-hydroxylation sites is 1. The third kappa shape index (κ3) is 3.91. The molecule has 1 heterocycles. The molecule has 126 valence electrons. The predicted octanol–water partition coefficient (Wildman–Crippen LogP) is 2.67. The van der Waals surface area contributed by atoms with E-state index >= 15 is 0 Å². The predicted molar refractivity (Wildman–Crippen MR) is 92.3 cm³/mol. The summed E-state index contributed by atoms with van der Waals surface area (Å²) in [5.41, 5.74) is 2.94. The molecule has 1 aromatic carbocycles. The lowest BCUT2D eigenvalue weighted by Gasteiger charge is -2.36. The van der Waals surface area contributed by atoms with Gasteiger partial charge in [-0.05, 0) is 24.0 Å². The molecule has 0 spiro atoms. The van der Waals surface area contributed by atoms with Gasteiger partial charge in [0.1, 0.15) is 5.82 Å². The number of aromatic nitrogens is 2. The molecular formula is C18H27N3O2. The Hall–Kier alpha value is -1.88. The first-order valence-electron chi connectivity index (χ1n) is 8.04. The van der Waals surface area contributed by atoms with Crippen LogP contribution in [-0.4, -0.2) is 45.6 Å². The van der Waals surface area contributed by atoms with E-state index in [0.717, 1.165) is 22.4 Å². The van der Waals surface area contributed by atoms with Crippen molar-refractivity contribution >= 4 is 16.9 Å². The van der Waals surface area contributed by atoms with Gasteiger partial charge in [0.05, 0.1) is 23.7 Å². The highest BCUT2D eigenvalue weighted by Gasteiger charge is 2.30. The van der Waals surface area contributed by atoms with Crippen molar-refractivity contribution in [2.45, 2.75) is 46.6 Å². The topological polar surface area (TPSA) is 69.2 Å². The first kappa shape index (κ1) is 17.5. The Labute approximate surface area is 137 Å². The van der Waals surface area contributed by atoms with Gasteiger partial charge in [-0.25, -0.2) is 4.98 Å². The van der Waals surface area contributed by atoms with Crippen LogP contribution in [0.2, 0.25) is 0 Å². The van der Waals surface area contributed by atoms with Gasteiger partial charge in [-0.15, -0.1) is 0 Å². The Morgan fingerprint density at radius 3 is 2.65 bits per heavy atom. The van der Waals surface area contributed by atoms with Gasteiger partial charge >= 0.3 is 0 Å². The maximum atomic E-state index is 12.4. The summed E-state index contributed by atoms with van der Waals surface area (Å²) >= 11 is 0. The number of benzene rings is 1. The summed E-state index contributed by atoms with van der Waals surface area (Å²) in [6.45, 7) is 8.08. The van der Waals surface area contributed by atoms with Crippen molar-refractivity contribution in [2.24, 2.45) is 5.41 Å². The van der Waals surface area contributed by atoms with Gasteiger partial charge in [0.25, 0.3) is 0 Å². The molecule has 23 heavy (non-hydrogen) atoms. The molecule has 1 aromatic heterocycles. The van der Waals surface area contributed by atoms with Crippen LogP contribution >= 0.6 is 0 Å². The number of likely N-dealkylation sites (N-methyl/N-ethyl adjacent to an activating group) is 1.